The van der Waals surface area contributed by atoms with Crippen LogP contribution in [0.2, 0.25) is 0 Å². The normalized spacial score (nSPS) is 12.6. The molecule has 9 heteroatoms. The Morgan fingerprint density at radius 3 is 2.42 bits per heavy atom. The summed E-state index contributed by atoms with van der Waals surface area (Å²) in [5.41, 5.74) is 0.808. The molecule has 0 saturated carbocycles. The lowest BCUT2D eigenvalue weighted by atomic mass is 10.0. The summed E-state index contributed by atoms with van der Waals surface area (Å²) in [7, 11) is -2.26. The maximum absolute atomic E-state index is 12.6. The number of carbonyl (C=O) groups is 2. The van der Waals surface area contributed by atoms with Gasteiger partial charge in [0, 0.05) is 18.3 Å². The number of nitrogens with one attached hydrogen (secondary N) is 3. The van der Waals surface area contributed by atoms with Gasteiger partial charge in [-0.15, -0.1) is 11.3 Å². The molecule has 7 nitrogen and oxygen atoms in total. The highest BCUT2D eigenvalue weighted by Crippen LogP contribution is 2.18. The zero-order chi connectivity index (χ0) is 19.3. The molecule has 0 saturated heterocycles. The van der Waals surface area contributed by atoms with Crippen molar-refractivity contribution in [2.24, 2.45) is 5.92 Å². The molecule has 2 aromatic rings. The Balaban J connectivity index is 2.18. The SMILES string of the molecule is CNC(=O)c1cccc(NC(=O)[C@H](NS(=O)(=O)c2cccs2)C(C)C)c1. The summed E-state index contributed by atoms with van der Waals surface area (Å²) in [6.07, 6.45) is 0. The molecule has 1 aromatic heterocycles. The third-order valence-corrected chi connectivity index (χ3v) is 6.45. The quantitative estimate of drug-likeness (QED) is 0.667. The Morgan fingerprint density at radius 2 is 1.85 bits per heavy atom. The molecule has 0 radical (unpaired) electrons. The fourth-order valence-electron chi connectivity index (χ4n) is 2.24. The minimum atomic E-state index is -3.78. The number of thiophene rings is 1. The summed E-state index contributed by atoms with van der Waals surface area (Å²) in [5, 5.41) is 6.83. The highest BCUT2D eigenvalue weighted by Gasteiger charge is 2.29. The zero-order valence-electron chi connectivity index (χ0n) is 14.6. The third kappa shape index (κ3) is 4.90. The van der Waals surface area contributed by atoms with Gasteiger partial charge in [-0.1, -0.05) is 26.0 Å². The van der Waals surface area contributed by atoms with Gasteiger partial charge in [-0.2, -0.15) is 4.72 Å². The Morgan fingerprint density at radius 1 is 1.12 bits per heavy atom. The molecule has 0 aliphatic rings. The van der Waals surface area contributed by atoms with Gasteiger partial charge in [0.25, 0.3) is 15.9 Å². The Hall–Kier alpha value is -2.23. The van der Waals surface area contributed by atoms with Crippen molar-refractivity contribution in [3.63, 3.8) is 0 Å². The first-order valence-electron chi connectivity index (χ1n) is 7.93. The van der Waals surface area contributed by atoms with Crippen LogP contribution in [0.5, 0.6) is 0 Å². The summed E-state index contributed by atoms with van der Waals surface area (Å²) in [6.45, 7) is 3.50. The number of carbonyl (C=O) groups excluding carboxylic acids is 2. The topological polar surface area (TPSA) is 104 Å². The molecule has 0 fully saturated rings. The van der Waals surface area contributed by atoms with Crippen LogP contribution in [0.3, 0.4) is 0 Å². The van der Waals surface area contributed by atoms with Crippen LogP contribution >= 0.6 is 11.3 Å². The number of benzene rings is 1. The van der Waals surface area contributed by atoms with Crippen LogP contribution < -0.4 is 15.4 Å². The molecule has 1 aromatic carbocycles. The van der Waals surface area contributed by atoms with E-state index in [0.717, 1.165) is 11.3 Å². The van der Waals surface area contributed by atoms with Crippen LogP contribution in [-0.2, 0) is 14.8 Å². The van der Waals surface area contributed by atoms with E-state index in [-0.39, 0.29) is 16.0 Å². The van der Waals surface area contributed by atoms with E-state index in [1.165, 1.54) is 19.2 Å². The van der Waals surface area contributed by atoms with Crippen LogP contribution in [0.4, 0.5) is 5.69 Å². The average molecular weight is 396 g/mol. The second-order valence-electron chi connectivity index (χ2n) is 5.92. The summed E-state index contributed by atoms with van der Waals surface area (Å²) < 4.78 is 27.4. The van der Waals surface area contributed by atoms with Crippen molar-refractivity contribution in [1.82, 2.24) is 10.0 Å². The maximum Gasteiger partial charge on any atom is 0.251 e. The van der Waals surface area contributed by atoms with Crippen LogP contribution in [0, 0.1) is 5.92 Å². The Kier molecular flexibility index (Phi) is 6.52. The van der Waals surface area contributed by atoms with E-state index in [1.54, 1.807) is 43.5 Å². The van der Waals surface area contributed by atoms with E-state index >= 15 is 0 Å². The molecule has 2 amide bonds. The summed E-state index contributed by atoms with van der Waals surface area (Å²) in [5.74, 6) is -1.04. The highest BCUT2D eigenvalue weighted by molar-refractivity contribution is 7.91. The smallest absolute Gasteiger partial charge is 0.251 e. The van der Waals surface area contributed by atoms with Crippen molar-refractivity contribution in [2.75, 3.05) is 12.4 Å². The van der Waals surface area contributed by atoms with Gasteiger partial charge < -0.3 is 10.6 Å². The van der Waals surface area contributed by atoms with Gasteiger partial charge in [0.1, 0.15) is 10.3 Å². The molecule has 1 heterocycles. The number of anilines is 1. The van der Waals surface area contributed by atoms with Crippen LogP contribution in [0.15, 0.2) is 46.0 Å². The van der Waals surface area contributed by atoms with Crippen LogP contribution in [0.1, 0.15) is 24.2 Å². The fourth-order valence-corrected chi connectivity index (χ4v) is 4.59. The van der Waals surface area contributed by atoms with Gasteiger partial charge in [0.2, 0.25) is 5.91 Å². The highest BCUT2D eigenvalue weighted by atomic mass is 32.2. The van der Waals surface area contributed by atoms with Gasteiger partial charge >= 0.3 is 0 Å². The van der Waals surface area contributed by atoms with E-state index in [0.29, 0.717) is 11.3 Å². The van der Waals surface area contributed by atoms with Crippen LogP contribution in [-0.4, -0.2) is 33.3 Å². The van der Waals surface area contributed by atoms with Gasteiger partial charge in [-0.25, -0.2) is 8.42 Å². The number of hydrogen-bond donors (Lipinski definition) is 3. The average Bonchev–Trinajstić information content (AvgIpc) is 3.14. The molecule has 0 spiro atoms. The molecule has 2 rings (SSSR count). The van der Waals surface area contributed by atoms with Crippen molar-refractivity contribution < 1.29 is 18.0 Å². The summed E-state index contributed by atoms with van der Waals surface area (Å²) in [4.78, 5) is 24.3. The standard InChI is InChI=1S/C17H21N3O4S2/c1-11(2)15(20-26(23,24)14-8-5-9-25-14)17(22)19-13-7-4-6-12(10-13)16(21)18-3/h4-11,15,20H,1-3H3,(H,18,21)(H,19,22)/t15-/m1/s1. The zero-order valence-corrected chi connectivity index (χ0v) is 16.3. The van der Waals surface area contributed by atoms with Gasteiger partial charge in [0.15, 0.2) is 0 Å². The lowest BCUT2D eigenvalue weighted by molar-refractivity contribution is -0.118. The van der Waals surface area contributed by atoms with Crippen molar-refractivity contribution >= 4 is 38.9 Å². The maximum atomic E-state index is 12.6. The van der Waals surface area contributed by atoms with E-state index in [2.05, 4.69) is 15.4 Å². The molecule has 0 aliphatic carbocycles. The third-order valence-electron chi connectivity index (χ3n) is 3.61. The van der Waals surface area contributed by atoms with Crippen molar-refractivity contribution in [1.29, 1.82) is 0 Å². The molecule has 0 aliphatic heterocycles. The summed E-state index contributed by atoms with van der Waals surface area (Å²) in [6, 6.07) is 8.58. The minimum Gasteiger partial charge on any atom is -0.355 e. The van der Waals surface area contributed by atoms with E-state index < -0.39 is 22.0 Å². The van der Waals surface area contributed by atoms with Crippen LogP contribution in [0.25, 0.3) is 0 Å². The molecule has 0 bridgehead atoms. The second-order valence-corrected chi connectivity index (χ2v) is 8.81. The second kappa shape index (κ2) is 8.43. The van der Waals surface area contributed by atoms with E-state index in [9.17, 15) is 18.0 Å². The lowest BCUT2D eigenvalue weighted by Crippen LogP contribution is -2.46. The number of hydrogen-bond acceptors (Lipinski definition) is 5. The molecule has 0 unspecified atom stereocenters. The fraction of sp³-hybridized carbons (Fsp3) is 0.294. The Labute approximate surface area is 156 Å². The predicted octanol–water partition coefficient (Wildman–Crippen LogP) is 2.05. The predicted molar refractivity (Wildman–Crippen MR) is 102 cm³/mol. The lowest BCUT2D eigenvalue weighted by Gasteiger charge is -2.21. The molecule has 26 heavy (non-hydrogen) atoms. The van der Waals surface area contributed by atoms with Gasteiger partial charge in [-0.05, 0) is 35.6 Å². The number of amides is 2. The minimum absolute atomic E-state index is 0.151. The number of sulfonamides is 1. The first-order chi connectivity index (χ1) is 12.2. The van der Waals surface area contributed by atoms with Crippen molar-refractivity contribution in [3.8, 4) is 0 Å². The Bertz CT molecular complexity index is 877. The molecule has 1 atom stereocenters. The summed E-state index contributed by atoms with van der Waals surface area (Å²) >= 11 is 1.08. The van der Waals surface area contributed by atoms with Gasteiger partial charge in [-0.3, -0.25) is 9.59 Å². The van der Waals surface area contributed by atoms with E-state index in [4.69, 9.17) is 0 Å². The monoisotopic (exact) mass is 395 g/mol. The van der Waals surface area contributed by atoms with Crippen molar-refractivity contribution in [3.05, 3.63) is 47.3 Å². The molecule has 140 valence electrons. The van der Waals surface area contributed by atoms with Gasteiger partial charge in [0.05, 0.1) is 0 Å². The largest absolute Gasteiger partial charge is 0.355 e. The molecular formula is C17H21N3O4S2. The molecular weight excluding hydrogens is 374 g/mol. The first kappa shape index (κ1) is 20.1. The van der Waals surface area contributed by atoms with E-state index in [1.807, 2.05) is 0 Å². The first-order valence-corrected chi connectivity index (χ1v) is 10.3. The molecule has 3 N–H and O–H groups in total. The number of rotatable bonds is 7. The van der Waals surface area contributed by atoms with Crippen molar-refractivity contribution in [2.45, 2.75) is 24.1 Å².